The van der Waals surface area contributed by atoms with Crippen LogP contribution in [0.3, 0.4) is 0 Å². The van der Waals surface area contributed by atoms with E-state index in [1.54, 1.807) is 20.3 Å². The summed E-state index contributed by atoms with van der Waals surface area (Å²) in [5.41, 5.74) is 4.17. The second-order valence-electron chi connectivity index (χ2n) is 5.93. The molecule has 0 saturated carbocycles. The Morgan fingerprint density at radius 1 is 1.12 bits per heavy atom. The molecule has 0 fully saturated rings. The number of nitrogens with zero attached hydrogens (tertiary/aromatic N) is 3. The second-order valence-corrected chi connectivity index (χ2v) is 5.93. The molecule has 6 nitrogen and oxygen atoms in total. The quantitative estimate of drug-likeness (QED) is 0.784. The van der Waals surface area contributed by atoms with Crippen molar-refractivity contribution in [2.45, 2.75) is 6.42 Å². The fourth-order valence-corrected chi connectivity index (χ4v) is 3.39. The summed E-state index contributed by atoms with van der Waals surface area (Å²) < 4.78 is 12.8. The number of methoxy groups -OCH3 is 2. The molecular formula is C20H18N4O2. The number of fused-ring (bicyclic) bond motifs is 1. The smallest absolute Gasteiger partial charge is 0.170 e. The van der Waals surface area contributed by atoms with Crippen LogP contribution in [0.5, 0.6) is 11.5 Å². The van der Waals surface area contributed by atoms with Crippen molar-refractivity contribution in [2.75, 3.05) is 26.1 Å². The normalized spacial score (nSPS) is 12.2. The van der Waals surface area contributed by atoms with E-state index < -0.39 is 0 Å². The van der Waals surface area contributed by atoms with Gasteiger partial charge < -0.3 is 14.8 Å². The van der Waals surface area contributed by atoms with E-state index in [2.05, 4.69) is 11.4 Å². The van der Waals surface area contributed by atoms with Crippen molar-refractivity contribution < 1.29 is 9.47 Å². The van der Waals surface area contributed by atoms with E-state index in [4.69, 9.17) is 14.6 Å². The maximum absolute atomic E-state index is 9.45. The number of rotatable bonds is 4. The van der Waals surface area contributed by atoms with Crippen LogP contribution in [0.1, 0.15) is 11.1 Å². The zero-order valence-corrected chi connectivity index (χ0v) is 14.6. The number of hydrogen-bond donors (Lipinski definition) is 1. The van der Waals surface area contributed by atoms with E-state index in [9.17, 15) is 5.26 Å². The third-order valence-corrected chi connectivity index (χ3v) is 4.56. The van der Waals surface area contributed by atoms with Crippen LogP contribution in [0.25, 0.3) is 16.9 Å². The van der Waals surface area contributed by atoms with Crippen molar-refractivity contribution in [2.24, 2.45) is 0 Å². The number of anilines is 1. The van der Waals surface area contributed by atoms with E-state index in [0.717, 1.165) is 41.3 Å². The average molecular weight is 346 g/mol. The molecule has 130 valence electrons. The van der Waals surface area contributed by atoms with Crippen molar-refractivity contribution in [1.29, 1.82) is 5.26 Å². The topological polar surface area (TPSA) is 72.1 Å². The molecule has 0 aliphatic carbocycles. The summed E-state index contributed by atoms with van der Waals surface area (Å²) in [5, 5.41) is 17.7. The van der Waals surface area contributed by atoms with E-state index in [1.807, 2.05) is 41.1 Å². The lowest BCUT2D eigenvalue weighted by atomic mass is 10.1. The largest absolute Gasteiger partial charge is 0.493 e. The highest BCUT2D eigenvalue weighted by Crippen LogP contribution is 2.42. The number of para-hydroxylation sites is 2. The molecule has 0 saturated heterocycles. The first-order chi connectivity index (χ1) is 12.8. The molecule has 0 unspecified atom stereocenters. The number of nitriles is 1. The SMILES string of the molecule is COc1cccc(-c2nn(-c3ccccc3C#N)c3c2CCN3)c1OC. The van der Waals surface area contributed by atoms with E-state index in [0.29, 0.717) is 17.1 Å². The van der Waals surface area contributed by atoms with Gasteiger partial charge in [0.05, 0.1) is 25.5 Å². The fourth-order valence-electron chi connectivity index (χ4n) is 3.39. The maximum atomic E-state index is 9.45. The molecule has 6 heteroatoms. The Bertz CT molecular complexity index is 1020. The summed E-state index contributed by atoms with van der Waals surface area (Å²) in [4.78, 5) is 0. The lowest BCUT2D eigenvalue weighted by Crippen LogP contribution is -2.06. The third kappa shape index (κ3) is 2.37. The number of ether oxygens (including phenoxy) is 2. The Morgan fingerprint density at radius 2 is 1.96 bits per heavy atom. The number of hydrogen-bond acceptors (Lipinski definition) is 5. The van der Waals surface area contributed by atoms with Gasteiger partial charge in [0.15, 0.2) is 11.5 Å². The molecule has 1 aromatic heterocycles. The first-order valence-corrected chi connectivity index (χ1v) is 8.35. The molecule has 0 radical (unpaired) electrons. The number of benzene rings is 2. The van der Waals surface area contributed by atoms with Gasteiger partial charge in [0.2, 0.25) is 0 Å². The molecule has 1 aliphatic rings. The first-order valence-electron chi connectivity index (χ1n) is 8.35. The van der Waals surface area contributed by atoms with Crippen molar-refractivity contribution in [3.8, 4) is 34.5 Å². The Labute approximate surface area is 151 Å². The van der Waals surface area contributed by atoms with Gasteiger partial charge in [0, 0.05) is 17.7 Å². The lowest BCUT2D eigenvalue weighted by Gasteiger charge is -2.12. The minimum Gasteiger partial charge on any atom is -0.493 e. The van der Waals surface area contributed by atoms with Gasteiger partial charge in [-0.1, -0.05) is 18.2 Å². The average Bonchev–Trinajstić information content (AvgIpc) is 3.30. The van der Waals surface area contributed by atoms with Gasteiger partial charge >= 0.3 is 0 Å². The molecule has 26 heavy (non-hydrogen) atoms. The number of aromatic nitrogens is 2. The van der Waals surface area contributed by atoms with Crippen molar-refractivity contribution in [3.63, 3.8) is 0 Å². The Balaban J connectivity index is 1.96. The Hall–Kier alpha value is -3.46. The Morgan fingerprint density at radius 3 is 2.73 bits per heavy atom. The van der Waals surface area contributed by atoms with Crippen molar-refractivity contribution >= 4 is 5.82 Å². The number of nitrogens with one attached hydrogen (secondary N) is 1. The van der Waals surface area contributed by atoms with Crippen molar-refractivity contribution in [1.82, 2.24) is 9.78 Å². The summed E-state index contributed by atoms with van der Waals surface area (Å²) in [5.74, 6) is 2.24. The highest BCUT2D eigenvalue weighted by atomic mass is 16.5. The predicted molar refractivity (Wildman–Crippen MR) is 99.0 cm³/mol. The molecule has 0 bridgehead atoms. The van der Waals surface area contributed by atoms with Gasteiger partial charge in [-0.15, -0.1) is 0 Å². The van der Waals surface area contributed by atoms with Gasteiger partial charge in [0.25, 0.3) is 0 Å². The summed E-state index contributed by atoms with van der Waals surface area (Å²) in [6.45, 7) is 0.835. The lowest BCUT2D eigenvalue weighted by molar-refractivity contribution is 0.356. The molecule has 0 amide bonds. The summed E-state index contributed by atoms with van der Waals surface area (Å²) in [6, 6.07) is 15.5. The van der Waals surface area contributed by atoms with Crippen molar-refractivity contribution in [3.05, 3.63) is 53.6 Å². The van der Waals surface area contributed by atoms with Crippen LogP contribution in [0.15, 0.2) is 42.5 Å². The minimum absolute atomic E-state index is 0.579. The molecule has 1 N–H and O–H groups in total. The molecule has 3 aromatic rings. The zero-order valence-electron chi connectivity index (χ0n) is 14.6. The summed E-state index contributed by atoms with van der Waals surface area (Å²) >= 11 is 0. The van der Waals surface area contributed by atoms with Crippen LogP contribution in [0.4, 0.5) is 5.82 Å². The maximum Gasteiger partial charge on any atom is 0.170 e. The monoisotopic (exact) mass is 346 g/mol. The van der Waals surface area contributed by atoms with Gasteiger partial charge in [-0.2, -0.15) is 10.4 Å². The summed E-state index contributed by atoms with van der Waals surface area (Å²) in [7, 11) is 3.25. The molecule has 2 heterocycles. The molecule has 0 atom stereocenters. The molecule has 1 aliphatic heterocycles. The van der Waals surface area contributed by atoms with E-state index in [1.165, 1.54) is 0 Å². The van der Waals surface area contributed by atoms with Gasteiger partial charge in [0.1, 0.15) is 17.6 Å². The van der Waals surface area contributed by atoms with E-state index >= 15 is 0 Å². The first kappa shape index (κ1) is 16.0. The zero-order chi connectivity index (χ0) is 18.1. The standard InChI is InChI=1S/C20H18N4O2/c1-25-17-9-5-7-14(19(17)26-2)18-15-10-11-22-20(15)24(23-18)16-8-4-3-6-13(16)12-21/h3-9,22H,10-11H2,1-2H3. The minimum atomic E-state index is 0.579. The van der Waals surface area contributed by atoms with E-state index in [-0.39, 0.29) is 0 Å². The molecule has 0 spiro atoms. The van der Waals surface area contributed by atoms with Crippen LogP contribution >= 0.6 is 0 Å². The molecular weight excluding hydrogens is 328 g/mol. The highest BCUT2D eigenvalue weighted by molar-refractivity contribution is 5.79. The molecule has 2 aromatic carbocycles. The van der Waals surface area contributed by atoms with Crippen LogP contribution < -0.4 is 14.8 Å². The third-order valence-electron chi connectivity index (χ3n) is 4.56. The van der Waals surface area contributed by atoms with Crippen LogP contribution in [0, 0.1) is 11.3 Å². The fraction of sp³-hybridized carbons (Fsp3) is 0.200. The summed E-state index contributed by atoms with van der Waals surface area (Å²) in [6.07, 6.45) is 0.861. The van der Waals surface area contributed by atoms with Crippen LogP contribution in [-0.4, -0.2) is 30.5 Å². The predicted octanol–water partition coefficient (Wildman–Crippen LogP) is 3.40. The van der Waals surface area contributed by atoms with Crippen LogP contribution in [0.2, 0.25) is 0 Å². The second kappa shape index (κ2) is 6.45. The van der Waals surface area contributed by atoms with Gasteiger partial charge in [-0.3, -0.25) is 0 Å². The van der Waals surface area contributed by atoms with Gasteiger partial charge in [-0.25, -0.2) is 4.68 Å². The molecule has 4 rings (SSSR count). The van der Waals surface area contributed by atoms with Crippen LogP contribution in [-0.2, 0) is 6.42 Å². The van der Waals surface area contributed by atoms with Gasteiger partial charge in [-0.05, 0) is 30.7 Å². The highest BCUT2D eigenvalue weighted by Gasteiger charge is 2.27. The Kier molecular flexibility index (Phi) is 3.98.